The van der Waals surface area contributed by atoms with Crippen LogP contribution in [-0.2, 0) is 6.54 Å². The Morgan fingerprint density at radius 3 is 2.89 bits per heavy atom. The van der Waals surface area contributed by atoms with Crippen molar-refractivity contribution in [2.75, 3.05) is 13.7 Å². The molecule has 1 unspecified atom stereocenters. The first-order chi connectivity index (χ1) is 8.61. The number of nitrogens with zero attached hydrogens (tertiary/aromatic N) is 1. The van der Waals surface area contributed by atoms with Crippen LogP contribution >= 0.6 is 0 Å². The van der Waals surface area contributed by atoms with Gasteiger partial charge < -0.3 is 10.5 Å². The fraction of sp³-hybridized carbons (Fsp3) is 0.500. The van der Waals surface area contributed by atoms with Crippen molar-refractivity contribution in [1.82, 2.24) is 4.90 Å². The highest BCUT2D eigenvalue weighted by Crippen LogP contribution is 2.23. The van der Waals surface area contributed by atoms with Crippen molar-refractivity contribution >= 4 is 5.84 Å². The standard InChI is InChI=1S/C14H21N3O/c1-10-4-3-7-17(10)9-11-5-6-13(18-2)12(8-11)14(15)16/h5-6,8,10H,3-4,7,9H2,1-2H3,(H3,15,16). The van der Waals surface area contributed by atoms with E-state index in [9.17, 15) is 0 Å². The summed E-state index contributed by atoms with van der Waals surface area (Å²) >= 11 is 0. The van der Waals surface area contributed by atoms with Gasteiger partial charge in [0.1, 0.15) is 11.6 Å². The molecule has 1 aromatic rings. The van der Waals surface area contributed by atoms with E-state index in [1.807, 2.05) is 12.1 Å². The van der Waals surface area contributed by atoms with Gasteiger partial charge in [-0.1, -0.05) is 6.07 Å². The smallest absolute Gasteiger partial charge is 0.129 e. The molecule has 0 radical (unpaired) electrons. The van der Waals surface area contributed by atoms with Gasteiger partial charge in [-0.3, -0.25) is 10.3 Å². The first-order valence-electron chi connectivity index (χ1n) is 6.37. The molecule has 0 aromatic heterocycles. The number of benzene rings is 1. The van der Waals surface area contributed by atoms with Crippen molar-refractivity contribution in [1.29, 1.82) is 5.41 Å². The van der Waals surface area contributed by atoms with Crippen LogP contribution in [0.3, 0.4) is 0 Å². The minimum atomic E-state index is 0.0585. The Bertz CT molecular complexity index is 445. The Morgan fingerprint density at radius 1 is 1.56 bits per heavy atom. The van der Waals surface area contributed by atoms with Gasteiger partial charge >= 0.3 is 0 Å². The quantitative estimate of drug-likeness (QED) is 0.631. The highest BCUT2D eigenvalue weighted by atomic mass is 16.5. The number of nitrogens with one attached hydrogen (secondary N) is 1. The summed E-state index contributed by atoms with van der Waals surface area (Å²) in [6.45, 7) is 4.34. The van der Waals surface area contributed by atoms with Gasteiger partial charge in [-0.05, 0) is 44.0 Å². The Kier molecular flexibility index (Phi) is 3.87. The SMILES string of the molecule is COc1ccc(CN2CCCC2C)cc1C(=N)N. The van der Waals surface area contributed by atoms with Gasteiger partial charge in [-0.25, -0.2) is 0 Å². The molecule has 2 rings (SSSR count). The fourth-order valence-corrected chi connectivity index (χ4v) is 2.53. The van der Waals surface area contributed by atoms with Gasteiger partial charge in [0.25, 0.3) is 0 Å². The number of likely N-dealkylation sites (tertiary alicyclic amines) is 1. The van der Waals surface area contributed by atoms with Crippen LogP contribution in [0.4, 0.5) is 0 Å². The summed E-state index contributed by atoms with van der Waals surface area (Å²) in [5.74, 6) is 0.726. The van der Waals surface area contributed by atoms with E-state index >= 15 is 0 Å². The van der Waals surface area contributed by atoms with Crippen LogP contribution in [0.15, 0.2) is 18.2 Å². The van der Waals surface area contributed by atoms with Gasteiger partial charge in [0.05, 0.1) is 12.7 Å². The highest BCUT2D eigenvalue weighted by molar-refractivity contribution is 5.97. The van der Waals surface area contributed by atoms with E-state index < -0.39 is 0 Å². The Hall–Kier alpha value is -1.55. The minimum absolute atomic E-state index is 0.0585. The van der Waals surface area contributed by atoms with Crippen LogP contribution in [0, 0.1) is 5.41 Å². The maximum atomic E-state index is 7.58. The van der Waals surface area contributed by atoms with Gasteiger partial charge in [-0.15, -0.1) is 0 Å². The number of hydrogen-bond donors (Lipinski definition) is 2. The molecule has 0 amide bonds. The molecular formula is C14H21N3O. The van der Waals surface area contributed by atoms with E-state index in [2.05, 4.69) is 17.9 Å². The number of hydrogen-bond acceptors (Lipinski definition) is 3. The van der Waals surface area contributed by atoms with Crippen molar-refractivity contribution in [2.24, 2.45) is 5.73 Å². The second-order valence-corrected chi connectivity index (χ2v) is 4.91. The summed E-state index contributed by atoms with van der Waals surface area (Å²) in [6, 6.07) is 6.56. The molecule has 4 nitrogen and oxygen atoms in total. The lowest BCUT2D eigenvalue weighted by atomic mass is 10.1. The van der Waals surface area contributed by atoms with Gasteiger partial charge in [0.15, 0.2) is 0 Å². The molecule has 1 aromatic carbocycles. The van der Waals surface area contributed by atoms with Crippen molar-refractivity contribution in [3.8, 4) is 5.75 Å². The lowest BCUT2D eigenvalue weighted by Crippen LogP contribution is -2.26. The van der Waals surface area contributed by atoms with Crippen molar-refractivity contribution < 1.29 is 4.74 Å². The fourth-order valence-electron chi connectivity index (χ4n) is 2.53. The van der Waals surface area contributed by atoms with E-state index in [4.69, 9.17) is 15.9 Å². The molecule has 1 fully saturated rings. The molecule has 98 valence electrons. The van der Waals surface area contributed by atoms with Crippen LogP contribution in [-0.4, -0.2) is 30.4 Å². The Balaban J connectivity index is 2.18. The third-order valence-corrected chi connectivity index (χ3v) is 3.63. The second-order valence-electron chi connectivity index (χ2n) is 4.91. The van der Waals surface area contributed by atoms with Gasteiger partial charge in [-0.2, -0.15) is 0 Å². The average molecular weight is 247 g/mol. The van der Waals surface area contributed by atoms with E-state index in [0.717, 1.165) is 13.1 Å². The lowest BCUT2D eigenvalue weighted by Gasteiger charge is -2.21. The zero-order chi connectivity index (χ0) is 13.1. The number of ether oxygens (including phenoxy) is 1. The molecule has 0 saturated carbocycles. The number of nitrogen functional groups attached to an aromatic ring is 1. The number of methoxy groups -OCH3 is 1. The first kappa shape index (κ1) is 12.9. The Morgan fingerprint density at radius 2 is 2.33 bits per heavy atom. The maximum absolute atomic E-state index is 7.58. The topological polar surface area (TPSA) is 62.3 Å². The molecule has 1 atom stereocenters. The lowest BCUT2D eigenvalue weighted by molar-refractivity contribution is 0.260. The van der Waals surface area contributed by atoms with Crippen LogP contribution in [0.1, 0.15) is 30.9 Å². The zero-order valence-electron chi connectivity index (χ0n) is 11.1. The number of nitrogens with two attached hydrogens (primary N) is 1. The molecule has 0 bridgehead atoms. The molecule has 0 aliphatic carbocycles. The van der Waals surface area contributed by atoms with Gasteiger partial charge in [0, 0.05) is 12.6 Å². The number of rotatable bonds is 4. The van der Waals surface area contributed by atoms with E-state index in [1.54, 1.807) is 7.11 Å². The van der Waals surface area contributed by atoms with E-state index in [1.165, 1.54) is 18.4 Å². The van der Waals surface area contributed by atoms with Crippen LogP contribution < -0.4 is 10.5 Å². The predicted molar refractivity (Wildman–Crippen MR) is 73.1 cm³/mol. The third-order valence-electron chi connectivity index (χ3n) is 3.63. The third kappa shape index (κ3) is 2.64. The molecule has 1 aliphatic rings. The predicted octanol–water partition coefficient (Wildman–Crippen LogP) is 1.96. The number of amidine groups is 1. The summed E-state index contributed by atoms with van der Waals surface area (Å²) in [6.07, 6.45) is 2.55. The van der Waals surface area contributed by atoms with Crippen LogP contribution in [0.25, 0.3) is 0 Å². The van der Waals surface area contributed by atoms with E-state index in [0.29, 0.717) is 17.4 Å². The average Bonchev–Trinajstić information content (AvgIpc) is 2.75. The summed E-state index contributed by atoms with van der Waals surface area (Å²) < 4.78 is 5.22. The van der Waals surface area contributed by atoms with E-state index in [-0.39, 0.29) is 5.84 Å². The first-order valence-corrected chi connectivity index (χ1v) is 6.37. The Labute approximate surface area is 108 Å². The summed E-state index contributed by atoms with van der Waals surface area (Å²) in [5, 5.41) is 7.58. The zero-order valence-corrected chi connectivity index (χ0v) is 11.1. The normalized spacial score (nSPS) is 20.0. The molecular weight excluding hydrogens is 226 g/mol. The van der Waals surface area contributed by atoms with Crippen molar-refractivity contribution in [3.05, 3.63) is 29.3 Å². The minimum Gasteiger partial charge on any atom is -0.496 e. The monoisotopic (exact) mass is 247 g/mol. The molecule has 0 spiro atoms. The largest absolute Gasteiger partial charge is 0.496 e. The van der Waals surface area contributed by atoms with Crippen LogP contribution in [0.5, 0.6) is 5.75 Å². The molecule has 4 heteroatoms. The van der Waals surface area contributed by atoms with Crippen molar-refractivity contribution in [2.45, 2.75) is 32.4 Å². The molecule has 3 N–H and O–H groups in total. The van der Waals surface area contributed by atoms with Crippen molar-refractivity contribution in [3.63, 3.8) is 0 Å². The maximum Gasteiger partial charge on any atom is 0.129 e. The second kappa shape index (κ2) is 5.40. The summed E-state index contributed by atoms with van der Waals surface area (Å²) in [7, 11) is 1.60. The summed E-state index contributed by atoms with van der Waals surface area (Å²) in [5.41, 5.74) is 7.46. The highest BCUT2D eigenvalue weighted by Gasteiger charge is 2.20. The molecule has 1 heterocycles. The summed E-state index contributed by atoms with van der Waals surface area (Å²) in [4.78, 5) is 2.46. The van der Waals surface area contributed by atoms with Crippen LogP contribution in [0.2, 0.25) is 0 Å². The molecule has 18 heavy (non-hydrogen) atoms. The van der Waals surface area contributed by atoms with Gasteiger partial charge in [0.2, 0.25) is 0 Å². The molecule has 1 saturated heterocycles. The molecule has 1 aliphatic heterocycles.